The zero-order valence-corrected chi connectivity index (χ0v) is 24.5. The van der Waals surface area contributed by atoms with E-state index < -0.39 is 28.5 Å². The van der Waals surface area contributed by atoms with Crippen LogP contribution in [0.5, 0.6) is 5.75 Å². The van der Waals surface area contributed by atoms with Gasteiger partial charge in [-0.3, -0.25) is 13.9 Å². The number of anilines is 1. The Bertz CT molecular complexity index is 1340. The number of carbonyl (C=O) groups is 2. The molecule has 2 amide bonds. The first-order valence-electron chi connectivity index (χ1n) is 13.6. The number of amides is 2. The molecule has 214 valence electrons. The van der Waals surface area contributed by atoms with Gasteiger partial charge in [-0.25, -0.2) is 8.42 Å². The lowest BCUT2D eigenvalue weighted by Gasteiger charge is -2.32. The molecule has 0 radical (unpaired) electrons. The Morgan fingerprint density at radius 3 is 2.17 bits per heavy atom. The number of unbranched alkanes of at least 4 members (excludes halogenated alkanes) is 1. The van der Waals surface area contributed by atoms with Crippen LogP contribution in [0.15, 0.2) is 83.8 Å². The van der Waals surface area contributed by atoms with Gasteiger partial charge in [0.2, 0.25) is 11.8 Å². The Hall–Kier alpha value is -3.85. The van der Waals surface area contributed by atoms with E-state index in [9.17, 15) is 18.0 Å². The van der Waals surface area contributed by atoms with Crippen LogP contribution in [-0.2, 0) is 26.2 Å². The molecule has 40 heavy (non-hydrogen) atoms. The second kappa shape index (κ2) is 14.5. The number of hydrogen-bond donors (Lipinski definition) is 1. The highest BCUT2D eigenvalue weighted by Crippen LogP contribution is 2.26. The van der Waals surface area contributed by atoms with Crippen molar-refractivity contribution < 1.29 is 22.7 Å². The summed E-state index contributed by atoms with van der Waals surface area (Å²) >= 11 is 0. The normalized spacial score (nSPS) is 11.9. The van der Waals surface area contributed by atoms with Crippen molar-refractivity contribution in [2.75, 3.05) is 24.0 Å². The molecule has 1 N–H and O–H groups in total. The van der Waals surface area contributed by atoms with Crippen LogP contribution in [0.3, 0.4) is 0 Å². The van der Waals surface area contributed by atoms with Crippen molar-refractivity contribution in [2.24, 2.45) is 0 Å². The molecule has 0 saturated carbocycles. The van der Waals surface area contributed by atoms with Gasteiger partial charge in [-0.15, -0.1) is 0 Å². The van der Waals surface area contributed by atoms with Gasteiger partial charge in [0.15, 0.2) is 0 Å². The van der Waals surface area contributed by atoms with Gasteiger partial charge in [0.1, 0.15) is 18.3 Å². The molecule has 8 nitrogen and oxygen atoms in total. The van der Waals surface area contributed by atoms with Crippen LogP contribution in [0.2, 0.25) is 0 Å². The highest BCUT2D eigenvalue weighted by molar-refractivity contribution is 7.92. The maximum Gasteiger partial charge on any atom is 0.264 e. The predicted molar refractivity (Wildman–Crippen MR) is 158 cm³/mol. The maximum absolute atomic E-state index is 13.9. The Labute approximate surface area is 238 Å². The maximum atomic E-state index is 13.9. The van der Waals surface area contributed by atoms with Crippen molar-refractivity contribution in [1.82, 2.24) is 10.2 Å². The first-order chi connectivity index (χ1) is 19.2. The van der Waals surface area contributed by atoms with E-state index >= 15 is 0 Å². The Morgan fingerprint density at radius 1 is 0.925 bits per heavy atom. The molecule has 0 heterocycles. The number of para-hydroxylation sites is 1. The van der Waals surface area contributed by atoms with Gasteiger partial charge in [-0.05, 0) is 69.2 Å². The number of ether oxygens (including phenoxy) is 1. The summed E-state index contributed by atoms with van der Waals surface area (Å²) in [6, 6.07) is 21.5. The van der Waals surface area contributed by atoms with Gasteiger partial charge in [0, 0.05) is 13.1 Å². The van der Waals surface area contributed by atoms with Crippen molar-refractivity contribution in [3.63, 3.8) is 0 Å². The smallest absolute Gasteiger partial charge is 0.264 e. The van der Waals surface area contributed by atoms with Crippen LogP contribution in [0.4, 0.5) is 5.69 Å². The number of benzene rings is 3. The van der Waals surface area contributed by atoms with Gasteiger partial charge in [-0.1, -0.05) is 61.4 Å². The summed E-state index contributed by atoms with van der Waals surface area (Å²) in [4.78, 5) is 28.4. The number of sulfonamides is 1. The quantitative estimate of drug-likeness (QED) is 0.280. The van der Waals surface area contributed by atoms with Crippen LogP contribution in [0.25, 0.3) is 0 Å². The Kier molecular flexibility index (Phi) is 11.1. The second-order valence-corrected chi connectivity index (χ2v) is 11.4. The summed E-state index contributed by atoms with van der Waals surface area (Å²) in [6.07, 6.45) is 1.75. The van der Waals surface area contributed by atoms with E-state index in [4.69, 9.17) is 4.74 Å². The largest absolute Gasteiger partial charge is 0.494 e. The molecule has 0 spiro atoms. The molecule has 0 aromatic heterocycles. The van der Waals surface area contributed by atoms with Crippen molar-refractivity contribution in [3.8, 4) is 5.75 Å². The zero-order valence-electron chi connectivity index (χ0n) is 23.7. The number of rotatable bonds is 14. The number of hydrogen-bond acceptors (Lipinski definition) is 5. The van der Waals surface area contributed by atoms with E-state index in [1.54, 1.807) is 49.4 Å². The van der Waals surface area contributed by atoms with Crippen molar-refractivity contribution in [3.05, 3.63) is 90.0 Å². The molecule has 9 heteroatoms. The van der Waals surface area contributed by atoms with E-state index in [-0.39, 0.29) is 17.3 Å². The highest BCUT2D eigenvalue weighted by atomic mass is 32.2. The summed E-state index contributed by atoms with van der Waals surface area (Å²) < 4.78 is 34.3. The van der Waals surface area contributed by atoms with Gasteiger partial charge in [0.05, 0.1) is 17.2 Å². The van der Waals surface area contributed by atoms with Crippen molar-refractivity contribution >= 4 is 27.5 Å². The summed E-state index contributed by atoms with van der Waals surface area (Å²) in [5.74, 6) is -0.220. The van der Waals surface area contributed by atoms with Crippen LogP contribution in [-0.4, -0.2) is 50.9 Å². The van der Waals surface area contributed by atoms with Gasteiger partial charge >= 0.3 is 0 Å². The molecular weight excluding hydrogens is 526 g/mol. The third-order valence-corrected chi connectivity index (χ3v) is 8.30. The molecule has 0 aliphatic rings. The fourth-order valence-corrected chi connectivity index (χ4v) is 5.55. The molecule has 0 aliphatic heterocycles. The molecular formula is C31H39N3O5S. The van der Waals surface area contributed by atoms with Gasteiger partial charge in [-0.2, -0.15) is 0 Å². The summed E-state index contributed by atoms with van der Waals surface area (Å²) in [5, 5.41) is 2.89. The lowest BCUT2D eigenvalue weighted by atomic mass is 10.1. The topological polar surface area (TPSA) is 96.0 Å². The van der Waals surface area contributed by atoms with E-state index in [0.717, 1.165) is 28.3 Å². The standard InChI is InChI=1S/C31H39N3O5S/c1-5-7-21-32-31(36)25(4)33(22-26-15-13-24(3)14-16-26)30(35)23-34(27-11-9-8-10-12-27)40(37,38)29-19-17-28(18-20-29)39-6-2/h8-20,25H,5-7,21-23H2,1-4H3,(H,32,36)/t25-/m1/s1. The molecule has 0 bridgehead atoms. The fourth-order valence-electron chi connectivity index (χ4n) is 4.13. The molecule has 3 aromatic carbocycles. The molecule has 0 aliphatic carbocycles. The second-order valence-electron chi connectivity index (χ2n) is 9.58. The fraction of sp³-hybridized carbons (Fsp3) is 0.355. The number of nitrogens with one attached hydrogen (secondary N) is 1. The van der Waals surface area contributed by atoms with E-state index in [0.29, 0.717) is 24.6 Å². The lowest BCUT2D eigenvalue weighted by molar-refractivity contribution is -0.139. The SMILES string of the molecule is CCCCNC(=O)[C@@H](C)N(Cc1ccc(C)cc1)C(=O)CN(c1ccccc1)S(=O)(=O)c1ccc(OCC)cc1. The predicted octanol–water partition coefficient (Wildman–Crippen LogP) is 4.92. The summed E-state index contributed by atoms with van der Waals surface area (Å²) in [6.45, 7) is 8.17. The first-order valence-corrected chi connectivity index (χ1v) is 15.0. The number of aryl methyl sites for hydroxylation is 1. The minimum atomic E-state index is -4.13. The van der Waals surface area contributed by atoms with Crippen molar-refractivity contribution in [2.45, 2.75) is 58.0 Å². The van der Waals surface area contributed by atoms with Gasteiger partial charge < -0.3 is 15.0 Å². The molecule has 3 aromatic rings. The molecule has 0 unspecified atom stereocenters. The van der Waals surface area contributed by atoms with Crippen molar-refractivity contribution in [1.29, 1.82) is 0 Å². The monoisotopic (exact) mass is 565 g/mol. The highest BCUT2D eigenvalue weighted by Gasteiger charge is 2.32. The Balaban J connectivity index is 1.96. The molecule has 3 rings (SSSR count). The third kappa shape index (κ3) is 8.08. The molecule has 0 fully saturated rings. The lowest BCUT2D eigenvalue weighted by Crippen LogP contribution is -2.51. The van der Waals surface area contributed by atoms with E-state index in [1.807, 2.05) is 45.0 Å². The van der Waals surface area contributed by atoms with Crippen LogP contribution >= 0.6 is 0 Å². The molecule has 1 atom stereocenters. The van der Waals surface area contributed by atoms with Crippen LogP contribution in [0, 0.1) is 6.92 Å². The average Bonchev–Trinajstić information content (AvgIpc) is 2.96. The summed E-state index contributed by atoms with van der Waals surface area (Å²) in [7, 11) is -4.13. The van der Waals surface area contributed by atoms with Crippen LogP contribution < -0.4 is 14.4 Å². The third-order valence-electron chi connectivity index (χ3n) is 6.52. The zero-order chi connectivity index (χ0) is 29.1. The number of carbonyl (C=O) groups excluding carboxylic acids is 2. The summed E-state index contributed by atoms with van der Waals surface area (Å²) in [5.41, 5.74) is 2.26. The van der Waals surface area contributed by atoms with Crippen LogP contribution in [0.1, 0.15) is 44.7 Å². The first kappa shape index (κ1) is 30.7. The van der Waals surface area contributed by atoms with E-state index in [2.05, 4.69) is 5.32 Å². The van der Waals surface area contributed by atoms with Gasteiger partial charge in [0.25, 0.3) is 10.0 Å². The van der Waals surface area contributed by atoms with E-state index in [1.165, 1.54) is 17.0 Å². The minimum Gasteiger partial charge on any atom is -0.494 e. The molecule has 0 saturated heterocycles. The minimum absolute atomic E-state index is 0.0306. The average molecular weight is 566 g/mol. The number of nitrogens with zero attached hydrogens (tertiary/aromatic N) is 2. The Morgan fingerprint density at radius 2 is 1.57 bits per heavy atom.